The van der Waals surface area contributed by atoms with Crippen LogP contribution >= 0.6 is 12.2 Å². The van der Waals surface area contributed by atoms with Gasteiger partial charge in [-0.1, -0.05) is 12.2 Å². The van der Waals surface area contributed by atoms with Gasteiger partial charge in [-0.25, -0.2) is 9.97 Å². The molecule has 2 aliphatic rings. The number of rotatable bonds is 4. The summed E-state index contributed by atoms with van der Waals surface area (Å²) in [6, 6.07) is 1.65. The Morgan fingerprint density at radius 1 is 1.40 bits per heavy atom. The SMILES string of the molecule is CC(/C=C(\C)Nc1cc(N)ncn1)=C1\C(=O)NC2(CCCC2)N1C=S. The van der Waals surface area contributed by atoms with Crippen molar-refractivity contribution in [2.24, 2.45) is 0 Å². The Hall–Kier alpha value is -2.48. The van der Waals surface area contributed by atoms with E-state index in [0.717, 1.165) is 37.0 Å². The number of carbonyl (C=O) groups excluding carboxylic acids is 1. The molecule has 1 aliphatic carbocycles. The highest BCUT2D eigenvalue weighted by molar-refractivity contribution is 7.78. The van der Waals surface area contributed by atoms with E-state index in [1.54, 1.807) is 11.6 Å². The number of aromatic nitrogens is 2. The number of nitrogens with two attached hydrogens (primary N) is 1. The Morgan fingerprint density at radius 3 is 2.76 bits per heavy atom. The Morgan fingerprint density at radius 2 is 2.12 bits per heavy atom. The summed E-state index contributed by atoms with van der Waals surface area (Å²) in [6.07, 6.45) is 7.34. The highest BCUT2D eigenvalue weighted by atomic mass is 32.1. The maximum Gasteiger partial charge on any atom is 0.270 e. The molecule has 2 fully saturated rings. The van der Waals surface area contributed by atoms with Crippen LogP contribution in [0.2, 0.25) is 0 Å². The molecule has 0 bridgehead atoms. The van der Waals surface area contributed by atoms with Crippen molar-refractivity contribution in [2.45, 2.75) is 45.2 Å². The van der Waals surface area contributed by atoms with Gasteiger partial charge in [0.1, 0.15) is 29.3 Å². The van der Waals surface area contributed by atoms with Gasteiger partial charge >= 0.3 is 0 Å². The van der Waals surface area contributed by atoms with Gasteiger partial charge in [0.2, 0.25) is 0 Å². The number of anilines is 2. The number of nitrogen functional groups attached to an aromatic ring is 1. The molecule has 1 aliphatic heterocycles. The first-order valence-corrected chi connectivity index (χ1v) is 8.73. The topological polar surface area (TPSA) is 96.2 Å². The van der Waals surface area contributed by atoms with Gasteiger partial charge in [-0.3, -0.25) is 4.79 Å². The number of nitrogens with one attached hydrogen (secondary N) is 2. The van der Waals surface area contributed by atoms with Crippen LogP contribution in [0.3, 0.4) is 0 Å². The Bertz CT molecular complexity index is 766. The molecule has 1 spiro atoms. The molecule has 3 rings (SSSR count). The predicted molar refractivity (Wildman–Crippen MR) is 101 cm³/mol. The molecule has 1 aromatic heterocycles. The van der Waals surface area contributed by atoms with Gasteiger partial charge in [-0.2, -0.15) is 0 Å². The van der Waals surface area contributed by atoms with Crippen LogP contribution in [0.5, 0.6) is 0 Å². The van der Waals surface area contributed by atoms with E-state index < -0.39 is 0 Å². The van der Waals surface area contributed by atoms with Gasteiger partial charge in [0.05, 0.1) is 5.49 Å². The molecule has 0 aromatic carbocycles. The molecule has 1 saturated heterocycles. The van der Waals surface area contributed by atoms with Crippen LogP contribution in [0.1, 0.15) is 39.5 Å². The largest absolute Gasteiger partial charge is 0.384 e. The summed E-state index contributed by atoms with van der Waals surface area (Å²) in [6.45, 7) is 3.82. The van der Waals surface area contributed by atoms with Crippen molar-refractivity contribution < 1.29 is 4.79 Å². The van der Waals surface area contributed by atoms with E-state index in [0.29, 0.717) is 17.3 Å². The molecule has 1 amide bonds. The van der Waals surface area contributed by atoms with Gasteiger partial charge < -0.3 is 21.3 Å². The van der Waals surface area contributed by atoms with Crippen molar-refractivity contribution in [2.75, 3.05) is 11.1 Å². The third-order valence-electron chi connectivity index (χ3n) is 4.62. The molecule has 132 valence electrons. The van der Waals surface area contributed by atoms with E-state index in [1.165, 1.54) is 6.33 Å². The molecule has 0 unspecified atom stereocenters. The molecular weight excluding hydrogens is 336 g/mol. The normalized spacial score (nSPS) is 21.4. The minimum absolute atomic E-state index is 0.0733. The summed E-state index contributed by atoms with van der Waals surface area (Å²) in [5, 5.41) is 6.29. The number of amides is 1. The molecule has 8 heteroatoms. The fourth-order valence-corrected chi connectivity index (χ4v) is 3.88. The molecule has 25 heavy (non-hydrogen) atoms. The van der Waals surface area contributed by atoms with Crippen molar-refractivity contribution in [3.8, 4) is 0 Å². The molecule has 2 heterocycles. The number of allylic oxidation sites excluding steroid dienone is 3. The maximum atomic E-state index is 12.6. The predicted octanol–water partition coefficient (Wildman–Crippen LogP) is 2.31. The molecule has 4 N–H and O–H groups in total. The summed E-state index contributed by atoms with van der Waals surface area (Å²) < 4.78 is 0. The number of hydrogen-bond acceptors (Lipinski definition) is 6. The molecule has 1 aromatic rings. The highest BCUT2D eigenvalue weighted by Gasteiger charge is 2.48. The van der Waals surface area contributed by atoms with Gasteiger partial charge in [0, 0.05) is 11.8 Å². The van der Waals surface area contributed by atoms with Crippen LogP contribution in [0.25, 0.3) is 0 Å². The van der Waals surface area contributed by atoms with E-state index in [1.807, 2.05) is 24.8 Å². The lowest BCUT2D eigenvalue weighted by molar-refractivity contribution is -0.117. The second kappa shape index (κ2) is 6.79. The lowest BCUT2D eigenvalue weighted by atomic mass is 10.1. The summed E-state index contributed by atoms with van der Waals surface area (Å²) in [5.74, 6) is 0.926. The summed E-state index contributed by atoms with van der Waals surface area (Å²) >= 11 is 5.21. The van der Waals surface area contributed by atoms with Gasteiger partial charge in [0.25, 0.3) is 5.91 Å². The second-order valence-electron chi connectivity index (χ2n) is 6.48. The van der Waals surface area contributed by atoms with E-state index >= 15 is 0 Å². The fourth-order valence-electron chi connectivity index (χ4n) is 3.57. The smallest absolute Gasteiger partial charge is 0.270 e. The summed E-state index contributed by atoms with van der Waals surface area (Å²) in [4.78, 5) is 22.5. The number of hydrogen-bond donors (Lipinski definition) is 3. The number of nitrogens with zero attached hydrogens (tertiary/aromatic N) is 3. The first-order chi connectivity index (χ1) is 11.9. The Labute approximate surface area is 152 Å². The lowest BCUT2D eigenvalue weighted by Gasteiger charge is -2.32. The standard InChI is InChI=1S/C17H22N6OS/c1-11(7-12(2)21-14-8-13(18)19-9-20-14)15-16(24)22-17(23(15)10-25)5-3-4-6-17/h7-10H,3-6H2,1-2H3,(H,22,24)(H3,18,19,20,21)/b12-7+,15-11-. The number of carbonyl (C=O) groups is 1. The minimum atomic E-state index is -0.342. The van der Waals surface area contributed by atoms with E-state index in [4.69, 9.17) is 18.0 Å². The molecule has 0 atom stereocenters. The summed E-state index contributed by atoms with van der Waals surface area (Å²) in [7, 11) is 0. The van der Waals surface area contributed by atoms with Crippen LogP contribution in [0.4, 0.5) is 11.6 Å². The van der Waals surface area contributed by atoms with Crippen molar-refractivity contribution >= 4 is 35.3 Å². The van der Waals surface area contributed by atoms with Gasteiger partial charge in [-0.05, 0) is 51.2 Å². The first kappa shape index (κ1) is 17.3. The van der Waals surface area contributed by atoms with Gasteiger partial charge in [-0.15, -0.1) is 0 Å². The summed E-state index contributed by atoms with van der Waals surface area (Å²) in [5.41, 5.74) is 9.20. The van der Waals surface area contributed by atoms with Crippen molar-refractivity contribution in [1.82, 2.24) is 20.2 Å². The minimum Gasteiger partial charge on any atom is -0.384 e. The van der Waals surface area contributed by atoms with Crippen LogP contribution in [0, 0.1) is 0 Å². The quantitative estimate of drug-likeness (QED) is 0.561. The molecule has 7 nitrogen and oxygen atoms in total. The average molecular weight is 358 g/mol. The van der Waals surface area contributed by atoms with Gasteiger partial charge in [0.15, 0.2) is 0 Å². The lowest BCUT2D eigenvalue weighted by Crippen LogP contribution is -2.48. The van der Waals surface area contributed by atoms with Crippen molar-refractivity contribution in [3.05, 3.63) is 35.4 Å². The second-order valence-corrected chi connectivity index (χ2v) is 6.69. The van der Waals surface area contributed by atoms with E-state index in [-0.39, 0.29) is 11.6 Å². The monoisotopic (exact) mass is 358 g/mol. The molecule has 0 radical (unpaired) electrons. The average Bonchev–Trinajstić information content (AvgIpc) is 3.11. The number of thiocarbonyl (C=S) groups is 1. The third-order valence-corrected chi connectivity index (χ3v) is 4.83. The van der Waals surface area contributed by atoms with E-state index in [2.05, 4.69) is 20.6 Å². The van der Waals surface area contributed by atoms with Crippen LogP contribution in [0.15, 0.2) is 35.4 Å². The third kappa shape index (κ3) is 3.34. The molecule has 1 saturated carbocycles. The fraction of sp³-hybridized carbons (Fsp3) is 0.412. The van der Waals surface area contributed by atoms with Crippen LogP contribution in [-0.4, -0.2) is 31.9 Å². The maximum absolute atomic E-state index is 12.6. The zero-order valence-electron chi connectivity index (χ0n) is 14.4. The first-order valence-electron chi connectivity index (χ1n) is 8.26. The van der Waals surface area contributed by atoms with E-state index in [9.17, 15) is 4.79 Å². The van der Waals surface area contributed by atoms with Crippen molar-refractivity contribution in [3.63, 3.8) is 0 Å². The molecular formula is C17H22N6OS. The highest BCUT2D eigenvalue weighted by Crippen LogP contribution is 2.39. The van der Waals surface area contributed by atoms with Crippen LogP contribution in [-0.2, 0) is 4.79 Å². The zero-order chi connectivity index (χ0) is 18.0. The Balaban J connectivity index is 1.87. The Kier molecular flexibility index (Phi) is 4.71. The van der Waals surface area contributed by atoms with Crippen LogP contribution < -0.4 is 16.4 Å². The zero-order valence-corrected chi connectivity index (χ0v) is 15.2. The van der Waals surface area contributed by atoms with Crippen molar-refractivity contribution in [1.29, 1.82) is 0 Å².